The molecule has 130 valence electrons. The van der Waals surface area contributed by atoms with Gasteiger partial charge in [0, 0.05) is 11.8 Å². The van der Waals surface area contributed by atoms with Crippen molar-refractivity contribution in [2.45, 2.75) is 0 Å². The van der Waals surface area contributed by atoms with Crippen molar-refractivity contribution in [3.8, 4) is 17.3 Å². The van der Waals surface area contributed by atoms with Gasteiger partial charge in [-0.15, -0.1) is 0 Å². The summed E-state index contributed by atoms with van der Waals surface area (Å²) in [6.45, 7) is 0. The number of rotatable bonds is 6. The maximum atomic E-state index is 12.5. The van der Waals surface area contributed by atoms with Gasteiger partial charge in [0.15, 0.2) is 0 Å². The fraction of sp³-hybridized carbons (Fsp3) is 0. The number of aromatic nitrogens is 1. The summed E-state index contributed by atoms with van der Waals surface area (Å²) in [5, 5.41) is 0. The zero-order valence-corrected chi connectivity index (χ0v) is 13.7. The summed E-state index contributed by atoms with van der Waals surface area (Å²) in [6, 6.07) is 18.4. The SMILES string of the molecule is NNC=NC=C(C(=O)Oc1nc(-c2ccccc2)co1)c1ccccc1. The molecule has 0 bridgehead atoms. The molecule has 0 saturated carbocycles. The monoisotopic (exact) mass is 348 g/mol. The van der Waals surface area contributed by atoms with Crippen molar-refractivity contribution in [1.29, 1.82) is 0 Å². The van der Waals surface area contributed by atoms with Gasteiger partial charge in [-0.2, -0.15) is 4.98 Å². The van der Waals surface area contributed by atoms with Gasteiger partial charge in [-0.25, -0.2) is 15.6 Å². The highest BCUT2D eigenvalue weighted by Crippen LogP contribution is 2.23. The van der Waals surface area contributed by atoms with Crippen LogP contribution in [0, 0.1) is 0 Å². The Morgan fingerprint density at radius 2 is 1.81 bits per heavy atom. The molecule has 0 atom stereocenters. The minimum Gasteiger partial charge on any atom is -0.417 e. The Kier molecular flexibility index (Phi) is 5.54. The predicted octanol–water partition coefficient (Wildman–Crippen LogP) is 2.78. The lowest BCUT2D eigenvalue weighted by atomic mass is 10.1. The molecule has 0 aliphatic heterocycles. The van der Waals surface area contributed by atoms with Gasteiger partial charge >= 0.3 is 12.0 Å². The molecule has 0 fully saturated rings. The van der Waals surface area contributed by atoms with Crippen LogP contribution in [-0.4, -0.2) is 17.3 Å². The average molecular weight is 348 g/mol. The zero-order valence-electron chi connectivity index (χ0n) is 13.7. The van der Waals surface area contributed by atoms with E-state index in [1.807, 2.05) is 36.4 Å². The molecule has 2 aromatic carbocycles. The van der Waals surface area contributed by atoms with Crippen molar-refractivity contribution in [1.82, 2.24) is 10.4 Å². The summed E-state index contributed by atoms with van der Waals surface area (Å²) in [5.41, 5.74) is 4.57. The third kappa shape index (κ3) is 4.22. The fourth-order valence-corrected chi connectivity index (χ4v) is 2.20. The number of benzene rings is 2. The Bertz CT molecular complexity index is 918. The van der Waals surface area contributed by atoms with Crippen molar-refractivity contribution in [3.05, 3.63) is 78.7 Å². The van der Waals surface area contributed by atoms with Crippen LogP contribution in [0.15, 0.2) is 82.5 Å². The van der Waals surface area contributed by atoms with Gasteiger partial charge in [0.05, 0.1) is 5.57 Å². The van der Waals surface area contributed by atoms with E-state index in [0.29, 0.717) is 11.3 Å². The Hall–Kier alpha value is -3.71. The van der Waals surface area contributed by atoms with Gasteiger partial charge in [-0.1, -0.05) is 60.7 Å². The maximum Gasteiger partial charge on any atom is 0.402 e. The fourth-order valence-electron chi connectivity index (χ4n) is 2.20. The standard InChI is InChI=1S/C19H16N4O3/c20-22-13-21-11-16(14-7-3-1-4-8-14)18(24)26-19-23-17(12-25-19)15-9-5-2-6-10-15/h1-13H,20H2,(H,21,22). The Morgan fingerprint density at radius 1 is 1.12 bits per heavy atom. The predicted molar refractivity (Wildman–Crippen MR) is 97.8 cm³/mol. The first kappa shape index (κ1) is 17.1. The van der Waals surface area contributed by atoms with E-state index in [9.17, 15) is 4.79 Å². The highest BCUT2D eigenvalue weighted by atomic mass is 16.6. The number of nitrogens with one attached hydrogen (secondary N) is 1. The van der Waals surface area contributed by atoms with Crippen LogP contribution in [0.25, 0.3) is 16.8 Å². The first-order valence-corrected chi connectivity index (χ1v) is 7.74. The molecule has 1 heterocycles. The van der Waals surface area contributed by atoms with Gasteiger partial charge in [-0.05, 0) is 5.56 Å². The van der Waals surface area contributed by atoms with Gasteiger partial charge in [-0.3, -0.25) is 0 Å². The first-order chi connectivity index (χ1) is 12.8. The quantitative estimate of drug-likeness (QED) is 0.177. The third-order valence-corrected chi connectivity index (χ3v) is 3.39. The van der Waals surface area contributed by atoms with E-state index < -0.39 is 5.97 Å². The van der Waals surface area contributed by atoms with E-state index in [2.05, 4.69) is 15.4 Å². The second-order valence-electron chi connectivity index (χ2n) is 5.11. The van der Waals surface area contributed by atoms with E-state index in [1.165, 1.54) is 18.8 Å². The summed E-state index contributed by atoms with van der Waals surface area (Å²) >= 11 is 0. The van der Waals surface area contributed by atoms with Gasteiger partial charge in [0.2, 0.25) is 0 Å². The molecule has 0 amide bonds. The van der Waals surface area contributed by atoms with Crippen LogP contribution < -0.4 is 16.0 Å². The van der Waals surface area contributed by atoms with Crippen LogP contribution in [0.4, 0.5) is 0 Å². The van der Waals surface area contributed by atoms with Crippen molar-refractivity contribution < 1.29 is 13.9 Å². The van der Waals surface area contributed by atoms with Crippen molar-refractivity contribution in [3.63, 3.8) is 0 Å². The van der Waals surface area contributed by atoms with E-state index in [4.69, 9.17) is 15.0 Å². The Morgan fingerprint density at radius 3 is 2.50 bits per heavy atom. The number of carbonyl (C=O) groups is 1. The molecule has 0 aliphatic rings. The van der Waals surface area contributed by atoms with E-state index in [-0.39, 0.29) is 11.6 Å². The minimum atomic E-state index is -0.646. The number of hydrazine groups is 1. The summed E-state index contributed by atoms with van der Waals surface area (Å²) < 4.78 is 10.5. The number of esters is 1. The van der Waals surface area contributed by atoms with Gasteiger partial charge < -0.3 is 14.6 Å². The number of aliphatic imine (C=N–C) groups is 1. The number of hydrogen-bond donors (Lipinski definition) is 2. The molecule has 3 N–H and O–H groups in total. The third-order valence-electron chi connectivity index (χ3n) is 3.39. The molecule has 3 rings (SSSR count). The van der Waals surface area contributed by atoms with Crippen LogP contribution in [-0.2, 0) is 4.79 Å². The van der Waals surface area contributed by atoms with Gasteiger partial charge in [0.25, 0.3) is 0 Å². The topological polar surface area (TPSA) is 103 Å². The molecule has 0 aliphatic carbocycles. The minimum absolute atomic E-state index is 0.142. The number of ether oxygens (including phenoxy) is 1. The number of nitrogens with zero attached hydrogens (tertiary/aromatic N) is 2. The van der Waals surface area contributed by atoms with Crippen LogP contribution in [0.3, 0.4) is 0 Å². The van der Waals surface area contributed by atoms with Crippen LogP contribution in [0.1, 0.15) is 5.56 Å². The molecule has 3 aromatic rings. The number of carbonyl (C=O) groups excluding carboxylic acids is 1. The summed E-state index contributed by atoms with van der Waals surface area (Å²) in [6.07, 6.45) is 3.88. The maximum absolute atomic E-state index is 12.5. The molecule has 0 unspecified atom stereocenters. The molecule has 7 heteroatoms. The van der Waals surface area contributed by atoms with Crippen molar-refractivity contribution >= 4 is 17.9 Å². The van der Waals surface area contributed by atoms with Gasteiger partial charge in [0.1, 0.15) is 18.3 Å². The smallest absolute Gasteiger partial charge is 0.402 e. The molecule has 26 heavy (non-hydrogen) atoms. The molecule has 0 radical (unpaired) electrons. The van der Waals surface area contributed by atoms with E-state index in [1.54, 1.807) is 24.3 Å². The van der Waals surface area contributed by atoms with Crippen molar-refractivity contribution in [2.75, 3.05) is 0 Å². The van der Waals surface area contributed by atoms with Crippen LogP contribution in [0.2, 0.25) is 0 Å². The van der Waals surface area contributed by atoms with E-state index in [0.717, 1.165) is 5.56 Å². The molecule has 0 saturated heterocycles. The Balaban J connectivity index is 1.81. The summed E-state index contributed by atoms with van der Waals surface area (Å²) in [7, 11) is 0. The second kappa shape index (κ2) is 8.41. The number of hydrogen-bond acceptors (Lipinski definition) is 6. The van der Waals surface area contributed by atoms with Crippen LogP contribution in [0.5, 0.6) is 6.08 Å². The lowest BCUT2D eigenvalue weighted by molar-refractivity contribution is -0.129. The molecular formula is C19H16N4O3. The molecule has 7 nitrogen and oxygen atoms in total. The molecule has 0 spiro atoms. The highest BCUT2D eigenvalue weighted by molar-refractivity contribution is 6.17. The van der Waals surface area contributed by atoms with E-state index >= 15 is 0 Å². The summed E-state index contributed by atoms with van der Waals surface area (Å²) in [5.74, 6) is 4.49. The Labute approximate surface area is 149 Å². The number of oxazole rings is 1. The summed E-state index contributed by atoms with van der Waals surface area (Å²) in [4.78, 5) is 20.6. The average Bonchev–Trinajstić information content (AvgIpc) is 3.15. The second-order valence-corrected chi connectivity index (χ2v) is 5.11. The van der Waals surface area contributed by atoms with Crippen LogP contribution >= 0.6 is 0 Å². The zero-order chi connectivity index (χ0) is 18.2. The highest BCUT2D eigenvalue weighted by Gasteiger charge is 2.18. The first-order valence-electron chi connectivity index (χ1n) is 7.74. The number of nitrogens with two attached hydrogens (primary N) is 1. The normalized spacial score (nSPS) is 11.5. The molecular weight excluding hydrogens is 332 g/mol. The largest absolute Gasteiger partial charge is 0.417 e. The lowest BCUT2D eigenvalue weighted by Gasteiger charge is -2.04. The van der Waals surface area contributed by atoms with Crippen molar-refractivity contribution in [2.24, 2.45) is 10.8 Å². The molecule has 1 aromatic heterocycles. The lowest BCUT2D eigenvalue weighted by Crippen LogP contribution is -2.18.